The first-order chi connectivity index (χ1) is 9.56. The highest BCUT2D eigenvalue weighted by Crippen LogP contribution is 2.27. The van der Waals surface area contributed by atoms with Gasteiger partial charge in [0.25, 0.3) is 0 Å². The van der Waals surface area contributed by atoms with Crippen LogP contribution in [0, 0.1) is 11.7 Å². The van der Waals surface area contributed by atoms with E-state index in [9.17, 15) is 14.0 Å². The number of benzene rings is 1. The van der Waals surface area contributed by atoms with Gasteiger partial charge in [-0.3, -0.25) is 4.79 Å². The van der Waals surface area contributed by atoms with Gasteiger partial charge in [-0.15, -0.1) is 0 Å². The molecule has 1 aliphatic carbocycles. The SMILES string of the molecule is O=C(CC1CCCCC1)Nc1ccc(C(=O)O)cc1F. The first-order valence-electron chi connectivity index (χ1n) is 6.89. The van der Waals surface area contributed by atoms with Crippen molar-refractivity contribution in [3.8, 4) is 0 Å². The molecule has 1 aromatic carbocycles. The molecule has 0 atom stereocenters. The van der Waals surface area contributed by atoms with Gasteiger partial charge < -0.3 is 10.4 Å². The summed E-state index contributed by atoms with van der Waals surface area (Å²) in [5.74, 6) is -1.74. The molecule has 1 aromatic rings. The van der Waals surface area contributed by atoms with Crippen LogP contribution in [-0.4, -0.2) is 17.0 Å². The van der Waals surface area contributed by atoms with Gasteiger partial charge in [0, 0.05) is 6.42 Å². The second-order valence-electron chi connectivity index (χ2n) is 5.26. The Morgan fingerprint density at radius 3 is 2.55 bits per heavy atom. The fourth-order valence-corrected chi connectivity index (χ4v) is 2.60. The summed E-state index contributed by atoms with van der Waals surface area (Å²) in [5, 5.41) is 11.3. The molecule has 0 spiro atoms. The summed E-state index contributed by atoms with van der Waals surface area (Å²) < 4.78 is 13.7. The number of carbonyl (C=O) groups excluding carboxylic acids is 1. The molecule has 4 nitrogen and oxygen atoms in total. The number of halogens is 1. The molecule has 0 aliphatic heterocycles. The van der Waals surface area contributed by atoms with Crippen LogP contribution >= 0.6 is 0 Å². The summed E-state index contributed by atoms with van der Waals surface area (Å²) in [6.07, 6.45) is 6.03. The van der Waals surface area contributed by atoms with Gasteiger partial charge in [-0.2, -0.15) is 0 Å². The van der Waals surface area contributed by atoms with Crippen molar-refractivity contribution < 1.29 is 19.1 Å². The third-order valence-corrected chi connectivity index (χ3v) is 3.69. The van der Waals surface area contributed by atoms with Crippen LogP contribution in [0.5, 0.6) is 0 Å². The third kappa shape index (κ3) is 3.79. The van der Waals surface area contributed by atoms with Crippen molar-refractivity contribution in [2.24, 2.45) is 5.92 Å². The summed E-state index contributed by atoms with van der Waals surface area (Å²) in [6.45, 7) is 0. The Morgan fingerprint density at radius 2 is 1.95 bits per heavy atom. The van der Waals surface area contributed by atoms with Crippen LogP contribution < -0.4 is 5.32 Å². The first kappa shape index (κ1) is 14.5. The zero-order chi connectivity index (χ0) is 14.5. The highest BCUT2D eigenvalue weighted by molar-refractivity contribution is 5.92. The van der Waals surface area contributed by atoms with E-state index in [0.29, 0.717) is 12.3 Å². The molecular formula is C15H18FNO3. The summed E-state index contributed by atoms with van der Waals surface area (Å²) in [5.41, 5.74) is -0.0939. The number of aromatic carboxylic acids is 1. The molecule has 1 amide bonds. The summed E-state index contributed by atoms with van der Waals surface area (Å²) in [4.78, 5) is 22.6. The normalized spacial score (nSPS) is 15.8. The lowest BCUT2D eigenvalue weighted by Crippen LogP contribution is -2.19. The lowest BCUT2D eigenvalue weighted by molar-refractivity contribution is -0.117. The van der Waals surface area contributed by atoms with E-state index in [1.165, 1.54) is 18.6 Å². The largest absolute Gasteiger partial charge is 0.478 e. The molecule has 1 aliphatic rings. The molecule has 0 aromatic heterocycles. The molecule has 1 fully saturated rings. The lowest BCUT2D eigenvalue weighted by atomic mass is 9.87. The Kier molecular flexibility index (Phi) is 4.71. The summed E-state index contributed by atoms with van der Waals surface area (Å²) >= 11 is 0. The first-order valence-corrected chi connectivity index (χ1v) is 6.89. The number of hydrogen-bond acceptors (Lipinski definition) is 2. The van der Waals surface area contributed by atoms with E-state index in [4.69, 9.17) is 5.11 Å². The molecule has 0 saturated heterocycles. The molecule has 1 saturated carbocycles. The van der Waals surface area contributed by atoms with Crippen LogP contribution in [0.1, 0.15) is 48.9 Å². The van der Waals surface area contributed by atoms with Crippen molar-refractivity contribution >= 4 is 17.6 Å². The van der Waals surface area contributed by atoms with Crippen molar-refractivity contribution in [2.75, 3.05) is 5.32 Å². The monoisotopic (exact) mass is 279 g/mol. The van der Waals surface area contributed by atoms with E-state index in [2.05, 4.69) is 5.32 Å². The fourth-order valence-electron chi connectivity index (χ4n) is 2.60. The van der Waals surface area contributed by atoms with Crippen molar-refractivity contribution in [3.63, 3.8) is 0 Å². The molecule has 20 heavy (non-hydrogen) atoms. The molecular weight excluding hydrogens is 261 g/mol. The minimum absolute atomic E-state index is 0.0378. The van der Waals surface area contributed by atoms with Gasteiger partial charge in [-0.05, 0) is 37.0 Å². The van der Waals surface area contributed by atoms with Crippen molar-refractivity contribution in [1.29, 1.82) is 0 Å². The zero-order valence-electron chi connectivity index (χ0n) is 11.2. The van der Waals surface area contributed by atoms with Gasteiger partial charge in [0.2, 0.25) is 5.91 Å². The van der Waals surface area contributed by atoms with Gasteiger partial charge in [0.1, 0.15) is 5.82 Å². The Morgan fingerprint density at radius 1 is 1.25 bits per heavy atom. The number of carbonyl (C=O) groups is 2. The average Bonchev–Trinajstić information content (AvgIpc) is 2.42. The van der Waals surface area contributed by atoms with Crippen molar-refractivity contribution in [1.82, 2.24) is 0 Å². The predicted octanol–water partition coefficient (Wildman–Crippen LogP) is 3.43. The number of rotatable bonds is 4. The smallest absolute Gasteiger partial charge is 0.335 e. The molecule has 2 rings (SSSR count). The average molecular weight is 279 g/mol. The van der Waals surface area contributed by atoms with Gasteiger partial charge in [-0.1, -0.05) is 19.3 Å². The number of amides is 1. The zero-order valence-corrected chi connectivity index (χ0v) is 11.2. The maximum absolute atomic E-state index is 13.7. The van der Waals surface area contributed by atoms with Gasteiger partial charge in [0.05, 0.1) is 11.3 Å². The molecule has 5 heteroatoms. The maximum Gasteiger partial charge on any atom is 0.335 e. The fraction of sp³-hybridized carbons (Fsp3) is 0.467. The van der Waals surface area contributed by atoms with E-state index in [-0.39, 0.29) is 17.2 Å². The molecule has 0 heterocycles. The van der Waals surface area contributed by atoms with Crippen LogP contribution in [0.2, 0.25) is 0 Å². The van der Waals surface area contributed by atoms with Crippen molar-refractivity contribution in [2.45, 2.75) is 38.5 Å². The number of carboxylic acids is 1. The Labute approximate surface area is 117 Å². The highest BCUT2D eigenvalue weighted by Gasteiger charge is 2.18. The van der Waals surface area contributed by atoms with Crippen LogP contribution in [-0.2, 0) is 4.79 Å². The molecule has 0 unspecified atom stereocenters. The number of anilines is 1. The predicted molar refractivity (Wildman–Crippen MR) is 73.2 cm³/mol. The Bertz CT molecular complexity index is 510. The van der Waals surface area contributed by atoms with Crippen molar-refractivity contribution in [3.05, 3.63) is 29.6 Å². The Balaban J connectivity index is 1.95. The van der Waals surface area contributed by atoms with E-state index < -0.39 is 11.8 Å². The van der Waals surface area contributed by atoms with Gasteiger partial charge >= 0.3 is 5.97 Å². The van der Waals surface area contributed by atoms with Crippen LogP contribution in [0.4, 0.5) is 10.1 Å². The van der Waals surface area contributed by atoms with E-state index in [1.54, 1.807) is 0 Å². The number of hydrogen-bond donors (Lipinski definition) is 2. The minimum Gasteiger partial charge on any atom is -0.478 e. The molecule has 108 valence electrons. The highest BCUT2D eigenvalue weighted by atomic mass is 19.1. The summed E-state index contributed by atoms with van der Waals surface area (Å²) in [6, 6.07) is 3.48. The van der Waals surface area contributed by atoms with E-state index in [0.717, 1.165) is 31.7 Å². The second kappa shape index (κ2) is 6.50. The van der Waals surface area contributed by atoms with E-state index in [1.807, 2.05) is 0 Å². The number of nitrogens with one attached hydrogen (secondary N) is 1. The molecule has 2 N–H and O–H groups in total. The molecule has 0 radical (unpaired) electrons. The van der Waals surface area contributed by atoms with Crippen LogP contribution in [0.3, 0.4) is 0 Å². The number of carboxylic acid groups (broad SMARTS) is 1. The molecule has 0 bridgehead atoms. The van der Waals surface area contributed by atoms with Gasteiger partial charge in [-0.25, -0.2) is 9.18 Å². The standard InChI is InChI=1S/C15H18FNO3/c16-12-9-11(15(19)20)6-7-13(12)17-14(18)8-10-4-2-1-3-5-10/h6-7,9-10H,1-5,8H2,(H,17,18)(H,19,20). The lowest BCUT2D eigenvalue weighted by Gasteiger charge is -2.20. The minimum atomic E-state index is -1.19. The third-order valence-electron chi connectivity index (χ3n) is 3.69. The quantitative estimate of drug-likeness (QED) is 0.887. The summed E-state index contributed by atoms with van der Waals surface area (Å²) in [7, 11) is 0. The maximum atomic E-state index is 13.7. The topological polar surface area (TPSA) is 66.4 Å². The van der Waals surface area contributed by atoms with Crippen LogP contribution in [0.15, 0.2) is 18.2 Å². The van der Waals surface area contributed by atoms with Gasteiger partial charge in [0.15, 0.2) is 0 Å². The second-order valence-corrected chi connectivity index (χ2v) is 5.26. The van der Waals surface area contributed by atoms with E-state index >= 15 is 0 Å². The van der Waals surface area contributed by atoms with Crippen LogP contribution in [0.25, 0.3) is 0 Å². The Hall–Kier alpha value is -1.91.